The van der Waals surface area contributed by atoms with Crippen molar-refractivity contribution in [2.75, 3.05) is 38.8 Å². The molecule has 1 N–H and O–H groups in total. The second-order valence-electron chi connectivity index (χ2n) is 11.1. The quantitative estimate of drug-likeness (QED) is 0.391. The molecule has 3 heterocycles. The number of aliphatic hydroxyl groups is 1. The summed E-state index contributed by atoms with van der Waals surface area (Å²) in [4.78, 5) is 30.5. The molecule has 3 aliphatic heterocycles. The second kappa shape index (κ2) is 11.5. The first-order valence-corrected chi connectivity index (χ1v) is 15.8. The van der Waals surface area contributed by atoms with Gasteiger partial charge >= 0.3 is 6.36 Å². The van der Waals surface area contributed by atoms with Crippen LogP contribution in [0.2, 0.25) is 5.02 Å². The number of β-amino-alcohol motifs (C(OH)–C–C–N with tert-alkyl or cyclic N) is 1. The summed E-state index contributed by atoms with van der Waals surface area (Å²) in [6.07, 6.45) is -6.59. The van der Waals surface area contributed by atoms with Gasteiger partial charge in [-0.3, -0.25) is 14.5 Å². The van der Waals surface area contributed by atoms with E-state index >= 15 is 4.79 Å². The van der Waals surface area contributed by atoms with Gasteiger partial charge in [-0.15, -0.1) is 13.2 Å². The number of likely N-dealkylation sites (N-methyl/N-ethyl adjacent to an activating group) is 1. The summed E-state index contributed by atoms with van der Waals surface area (Å²) in [7, 11) is -1.12. The number of hydrogen-bond acceptors (Lipinski definition) is 10. The molecule has 3 aromatic carbocycles. The number of aliphatic hydroxyl groups excluding tert-OH is 1. The Labute approximate surface area is 271 Å². The zero-order valence-corrected chi connectivity index (χ0v) is 26.5. The normalized spacial score (nSPS) is 22.4. The largest absolute Gasteiger partial charge is 0.573 e. The van der Waals surface area contributed by atoms with Gasteiger partial charge in [0.25, 0.3) is 15.9 Å². The predicted molar refractivity (Wildman–Crippen MR) is 159 cm³/mol. The Morgan fingerprint density at radius 3 is 2.53 bits per heavy atom. The van der Waals surface area contributed by atoms with Crippen LogP contribution in [-0.4, -0.2) is 88.2 Å². The van der Waals surface area contributed by atoms with Crippen molar-refractivity contribution in [3.63, 3.8) is 0 Å². The monoisotopic (exact) mass is 697 g/mol. The van der Waals surface area contributed by atoms with Crippen molar-refractivity contribution in [2.45, 2.75) is 35.4 Å². The van der Waals surface area contributed by atoms with E-state index in [0.717, 1.165) is 25.3 Å². The molecule has 2 amide bonds. The first-order chi connectivity index (χ1) is 22.1. The fourth-order valence-corrected chi connectivity index (χ4v) is 8.24. The van der Waals surface area contributed by atoms with E-state index in [1.807, 2.05) is 0 Å². The van der Waals surface area contributed by atoms with E-state index in [1.165, 1.54) is 54.2 Å². The van der Waals surface area contributed by atoms with Crippen molar-refractivity contribution in [3.8, 4) is 23.0 Å². The highest BCUT2D eigenvalue weighted by molar-refractivity contribution is 7.93. The summed E-state index contributed by atoms with van der Waals surface area (Å²) >= 11 is 6.82. The highest BCUT2D eigenvalue weighted by atomic mass is 35.5. The molecule has 0 aromatic heterocycles. The molecule has 3 aliphatic rings. The summed E-state index contributed by atoms with van der Waals surface area (Å²) in [5, 5.41) is 10.8. The second-order valence-corrected chi connectivity index (χ2v) is 13.3. The Hall–Kier alpha value is -4.25. The van der Waals surface area contributed by atoms with Crippen molar-refractivity contribution in [1.82, 2.24) is 9.80 Å². The maximum absolute atomic E-state index is 15.3. The van der Waals surface area contributed by atoms with E-state index in [4.69, 9.17) is 25.8 Å². The molecule has 12 nitrogen and oxygen atoms in total. The number of methoxy groups -OCH3 is 1. The number of hydrogen-bond donors (Lipinski definition) is 1. The molecule has 0 radical (unpaired) electrons. The van der Waals surface area contributed by atoms with Crippen LogP contribution in [0.3, 0.4) is 0 Å². The van der Waals surface area contributed by atoms with Crippen molar-refractivity contribution in [3.05, 3.63) is 70.7 Å². The maximum Gasteiger partial charge on any atom is 0.573 e. The van der Waals surface area contributed by atoms with E-state index in [-0.39, 0.29) is 58.8 Å². The summed E-state index contributed by atoms with van der Waals surface area (Å²) in [6, 6.07) is 10.1. The molecule has 47 heavy (non-hydrogen) atoms. The third-order valence-electron chi connectivity index (χ3n) is 8.18. The van der Waals surface area contributed by atoms with Crippen molar-refractivity contribution in [2.24, 2.45) is 0 Å². The van der Waals surface area contributed by atoms with Gasteiger partial charge in [-0.1, -0.05) is 29.8 Å². The lowest BCUT2D eigenvalue weighted by Crippen LogP contribution is -2.59. The van der Waals surface area contributed by atoms with Crippen LogP contribution in [0, 0.1) is 0 Å². The molecule has 1 unspecified atom stereocenters. The average Bonchev–Trinajstić information content (AvgIpc) is 3.70. The topological polar surface area (TPSA) is 135 Å². The van der Waals surface area contributed by atoms with E-state index in [9.17, 15) is 31.5 Å². The maximum atomic E-state index is 15.3. The standard InChI is InChI=1S/C30H27ClF3N3O9S/c1-35(2)27(39)21-12-16(38)14-36(21)29(18-6-4-9-22-26(18)45-15-44-22)25-19(31)7-5-8-20(25)37(28(29)40)47(41,42)24-11-10-17(43-3)13-23(24)46-30(32,33)34/h4-11,13,16,21,38H,12,14-15H2,1-3H3/t16-,21+,29?/m1/s1. The summed E-state index contributed by atoms with van der Waals surface area (Å²) in [5.41, 5.74) is -2.64. The van der Waals surface area contributed by atoms with Gasteiger partial charge in [-0.2, -0.15) is 0 Å². The van der Waals surface area contributed by atoms with Crippen molar-refractivity contribution in [1.29, 1.82) is 0 Å². The van der Waals surface area contributed by atoms with Crippen LogP contribution in [0.1, 0.15) is 17.5 Å². The van der Waals surface area contributed by atoms with Crippen LogP contribution in [0.5, 0.6) is 23.0 Å². The fourth-order valence-electron chi connectivity index (χ4n) is 6.38. The van der Waals surface area contributed by atoms with Gasteiger partial charge in [0.2, 0.25) is 12.7 Å². The fraction of sp³-hybridized carbons (Fsp3) is 0.333. The Morgan fingerprint density at radius 2 is 1.85 bits per heavy atom. The lowest BCUT2D eigenvalue weighted by Gasteiger charge is -2.42. The number of sulfonamides is 1. The molecule has 250 valence electrons. The lowest BCUT2D eigenvalue weighted by molar-refractivity contribution is -0.275. The van der Waals surface area contributed by atoms with E-state index in [2.05, 4.69) is 4.74 Å². The van der Waals surface area contributed by atoms with Gasteiger partial charge in [0.15, 0.2) is 22.8 Å². The van der Waals surface area contributed by atoms with Crippen molar-refractivity contribution < 1.29 is 55.2 Å². The van der Waals surface area contributed by atoms with Gasteiger partial charge < -0.3 is 29.0 Å². The third kappa shape index (κ3) is 5.10. The molecular formula is C30H27ClF3N3O9S. The number of amides is 2. The van der Waals surface area contributed by atoms with Gasteiger partial charge in [-0.25, -0.2) is 12.7 Å². The van der Waals surface area contributed by atoms with Gasteiger partial charge in [-0.05, 0) is 36.8 Å². The molecule has 3 aromatic rings. The minimum Gasteiger partial charge on any atom is -0.497 e. The molecule has 0 saturated carbocycles. The molecule has 17 heteroatoms. The SMILES string of the molecule is COc1ccc(S(=O)(=O)N2C(=O)C(c3cccc4c3OCO4)(N3C[C@H](O)C[C@H]3C(=O)N(C)C)c3c(Cl)cccc32)c(OC(F)(F)F)c1. The summed E-state index contributed by atoms with van der Waals surface area (Å²) < 4.78 is 90.5. The van der Waals surface area contributed by atoms with E-state index in [0.29, 0.717) is 4.31 Å². The van der Waals surface area contributed by atoms with Crippen LogP contribution < -0.4 is 23.3 Å². The molecule has 0 spiro atoms. The number of alkyl halides is 3. The first kappa shape index (κ1) is 32.7. The number of carbonyl (C=O) groups is 2. The van der Waals surface area contributed by atoms with Gasteiger partial charge in [0.05, 0.1) is 24.9 Å². The van der Waals surface area contributed by atoms with Crippen molar-refractivity contribution >= 4 is 39.1 Å². The Morgan fingerprint density at radius 1 is 1.13 bits per heavy atom. The molecule has 0 aliphatic carbocycles. The van der Waals surface area contributed by atoms with Crippen LogP contribution in [0.4, 0.5) is 18.9 Å². The summed E-state index contributed by atoms with van der Waals surface area (Å²) in [5.74, 6) is -2.78. The van der Waals surface area contributed by atoms with Crippen LogP contribution in [0.25, 0.3) is 0 Å². The Kier molecular flexibility index (Phi) is 7.97. The minimum atomic E-state index is -5.32. The molecular weight excluding hydrogens is 671 g/mol. The molecule has 1 saturated heterocycles. The van der Waals surface area contributed by atoms with Crippen LogP contribution in [0.15, 0.2) is 59.5 Å². The number of benzene rings is 3. The number of carbonyl (C=O) groups excluding carboxylic acids is 2. The predicted octanol–water partition coefficient (Wildman–Crippen LogP) is 3.48. The smallest absolute Gasteiger partial charge is 0.497 e. The van der Waals surface area contributed by atoms with Gasteiger partial charge in [0.1, 0.15) is 10.6 Å². The average molecular weight is 698 g/mol. The number of fused-ring (bicyclic) bond motifs is 2. The lowest BCUT2D eigenvalue weighted by atomic mass is 9.80. The van der Waals surface area contributed by atoms with Crippen LogP contribution >= 0.6 is 11.6 Å². The molecule has 0 bridgehead atoms. The highest BCUT2D eigenvalue weighted by Crippen LogP contribution is 2.58. The Balaban J connectivity index is 1.67. The number of halogens is 4. The zero-order chi connectivity index (χ0) is 34.1. The molecule has 1 fully saturated rings. The first-order valence-electron chi connectivity index (χ1n) is 14.0. The number of likely N-dealkylation sites (tertiary alicyclic amines) is 1. The summed E-state index contributed by atoms with van der Waals surface area (Å²) in [6.45, 7) is -0.551. The van der Waals surface area contributed by atoms with E-state index < -0.39 is 56.5 Å². The number of para-hydroxylation sites is 1. The van der Waals surface area contributed by atoms with Gasteiger partial charge in [0, 0.05) is 42.9 Å². The minimum absolute atomic E-state index is 0.0386. The van der Waals surface area contributed by atoms with E-state index in [1.54, 1.807) is 6.07 Å². The molecule has 3 atom stereocenters. The molecule has 6 rings (SSSR count). The number of anilines is 1. The number of nitrogens with zero attached hydrogens (tertiary/aromatic N) is 3. The Bertz CT molecular complexity index is 1890. The number of rotatable bonds is 7. The van der Waals surface area contributed by atoms with Crippen LogP contribution in [-0.2, 0) is 25.2 Å². The highest BCUT2D eigenvalue weighted by Gasteiger charge is 2.65. The third-order valence-corrected chi connectivity index (χ3v) is 10.2. The zero-order valence-electron chi connectivity index (χ0n) is 24.9. The number of ether oxygens (including phenoxy) is 4.